The van der Waals surface area contributed by atoms with Gasteiger partial charge in [0.05, 0.1) is 13.2 Å². The predicted octanol–water partition coefficient (Wildman–Crippen LogP) is 1.40. The highest BCUT2D eigenvalue weighted by Gasteiger charge is 2.17. The van der Waals surface area contributed by atoms with E-state index in [0.29, 0.717) is 13.2 Å². The highest BCUT2D eigenvalue weighted by molar-refractivity contribution is 5.10. The molecule has 0 rings (SSSR count). The zero-order valence-electron chi connectivity index (χ0n) is 8.11. The molecule has 0 aromatic rings. The Hall–Kier alpha value is -1.48. The molecule has 74 valence electrons. The van der Waals surface area contributed by atoms with E-state index in [-0.39, 0.29) is 0 Å². The highest BCUT2D eigenvalue weighted by atomic mass is 16.5. The van der Waals surface area contributed by atoms with Gasteiger partial charge in [-0.15, -0.1) is 26.0 Å². The molecule has 0 saturated carbocycles. The first-order valence-electron chi connectivity index (χ1n) is 4.17. The highest BCUT2D eigenvalue weighted by Crippen LogP contribution is 2.03. The van der Waals surface area contributed by atoms with Gasteiger partial charge in [-0.1, -0.05) is 24.0 Å². The molecule has 0 saturated heterocycles. The molecule has 0 heterocycles. The average molecular weight is 190 g/mol. The van der Waals surface area contributed by atoms with Gasteiger partial charge in [-0.2, -0.15) is 0 Å². The van der Waals surface area contributed by atoms with Crippen LogP contribution in [0.3, 0.4) is 0 Å². The zero-order chi connectivity index (χ0) is 10.8. The van der Waals surface area contributed by atoms with Crippen molar-refractivity contribution < 1.29 is 9.47 Å². The Balaban J connectivity index is 4.17. The second kappa shape index (κ2) is 8.13. The lowest BCUT2D eigenvalue weighted by Gasteiger charge is -2.17. The van der Waals surface area contributed by atoms with Crippen molar-refractivity contribution in [1.82, 2.24) is 0 Å². The molecule has 0 aromatic heterocycles. The Labute approximate surface area is 85.6 Å². The Morgan fingerprint density at radius 1 is 1.00 bits per heavy atom. The third-order valence-corrected chi connectivity index (χ3v) is 1.39. The smallest absolute Gasteiger partial charge is 0.155 e. The number of hydrogen-bond acceptors (Lipinski definition) is 2. The van der Waals surface area contributed by atoms with Crippen molar-refractivity contribution in [2.75, 3.05) is 13.2 Å². The predicted molar refractivity (Wildman–Crippen MR) is 57.5 cm³/mol. The number of terminal acetylenes is 2. The maximum absolute atomic E-state index is 5.25. The molecule has 0 aliphatic heterocycles. The van der Waals surface area contributed by atoms with E-state index in [0.717, 1.165) is 0 Å². The van der Waals surface area contributed by atoms with Crippen LogP contribution in [0.4, 0.5) is 0 Å². The van der Waals surface area contributed by atoms with Crippen molar-refractivity contribution in [2.24, 2.45) is 0 Å². The van der Waals surface area contributed by atoms with Crippen LogP contribution in [0.1, 0.15) is 0 Å². The van der Waals surface area contributed by atoms with E-state index < -0.39 is 12.2 Å². The van der Waals surface area contributed by atoms with Gasteiger partial charge in [0.1, 0.15) is 0 Å². The summed E-state index contributed by atoms with van der Waals surface area (Å²) >= 11 is 0. The first kappa shape index (κ1) is 12.5. The minimum absolute atomic E-state index is 0.352. The van der Waals surface area contributed by atoms with Gasteiger partial charge in [0, 0.05) is 0 Å². The topological polar surface area (TPSA) is 18.5 Å². The van der Waals surface area contributed by atoms with Crippen molar-refractivity contribution in [1.29, 1.82) is 0 Å². The number of ether oxygens (including phenoxy) is 2. The van der Waals surface area contributed by atoms with Crippen LogP contribution in [0.25, 0.3) is 0 Å². The molecule has 0 bridgehead atoms. The van der Waals surface area contributed by atoms with Crippen LogP contribution >= 0.6 is 0 Å². The largest absolute Gasteiger partial charge is 0.358 e. The molecule has 2 nitrogen and oxygen atoms in total. The number of hydrogen-bond donors (Lipinski definition) is 0. The number of rotatable bonds is 7. The molecule has 0 unspecified atom stereocenters. The van der Waals surface area contributed by atoms with Crippen LogP contribution in [-0.2, 0) is 9.47 Å². The second-order valence-electron chi connectivity index (χ2n) is 2.42. The molecule has 0 spiro atoms. The molecule has 0 N–H and O–H groups in total. The second-order valence-corrected chi connectivity index (χ2v) is 2.42. The summed E-state index contributed by atoms with van der Waals surface area (Å²) in [5.41, 5.74) is 0. The molecule has 0 fully saturated rings. The molecule has 0 aromatic carbocycles. The summed E-state index contributed by atoms with van der Waals surface area (Å²) in [6, 6.07) is 0. The fourth-order valence-corrected chi connectivity index (χ4v) is 0.789. The minimum atomic E-state index is -0.544. The van der Waals surface area contributed by atoms with Crippen LogP contribution in [-0.4, -0.2) is 25.4 Å². The van der Waals surface area contributed by atoms with Gasteiger partial charge in [-0.05, 0) is 0 Å². The van der Waals surface area contributed by atoms with E-state index in [9.17, 15) is 0 Å². The SMILES string of the molecule is C#C[C@@H](OCC=C)[C@@H](C#C)OCC=C. The van der Waals surface area contributed by atoms with Crippen LogP contribution in [0.5, 0.6) is 0 Å². The molecule has 2 atom stereocenters. The lowest BCUT2D eigenvalue weighted by atomic mass is 10.2. The van der Waals surface area contributed by atoms with E-state index in [4.69, 9.17) is 22.3 Å². The van der Waals surface area contributed by atoms with E-state index in [1.807, 2.05) is 0 Å². The van der Waals surface area contributed by atoms with Gasteiger partial charge < -0.3 is 9.47 Å². The first-order valence-corrected chi connectivity index (χ1v) is 4.17. The van der Waals surface area contributed by atoms with Crippen LogP contribution in [0, 0.1) is 24.7 Å². The molecule has 14 heavy (non-hydrogen) atoms. The van der Waals surface area contributed by atoms with Crippen molar-refractivity contribution in [2.45, 2.75) is 12.2 Å². The van der Waals surface area contributed by atoms with E-state index in [1.54, 1.807) is 12.2 Å². The lowest BCUT2D eigenvalue weighted by molar-refractivity contribution is -0.00119. The Kier molecular flexibility index (Phi) is 7.27. The third kappa shape index (κ3) is 4.52. The van der Waals surface area contributed by atoms with Crippen molar-refractivity contribution >= 4 is 0 Å². The Bertz CT molecular complexity index is 226. The summed E-state index contributed by atoms with van der Waals surface area (Å²) in [5.74, 6) is 4.85. The van der Waals surface area contributed by atoms with Crippen molar-refractivity contribution in [3.63, 3.8) is 0 Å². The van der Waals surface area contributed by atoms with Gasteiger partial charge in [-0.3, -0.25) is 0 Å². The first-order chi connectivity index (χ1) is 6.79. The van der Waals surface area contributed by atoms with Crippen molar-refractivity contribution in [3.05, 3.63) is 25.3 Å². The summed E-state index contributed by atoms with van der Waals surface area (Å²) in [6.45, 7) is 7.73. The molecule has 0 radical (unpaired) electrons. The maximum Gasteiger partial charge on any atom is 0.155 e. The molecule has 0 amide bonds. The van der Waals surface area contributed by atoms with Gasteiger partial charge in [0.15, 0.2) is 12.2 Å². The molecular weight excluding hydrogens is 176 g/mol. The summed E-state index contributed by atoms with van der Waals surface area (Å²) in [4.78, 5) is 0. The normalized spacial score (nSPS) is 13.3. The summed E-state index contributed by atoms with van der Waals surface area (Å²) in [5, 5.41) is 0. The summed E-state index contributed by atoms with van der Waals surface area (Å²) < 4.78 is 10.5. The molecule has 0 aliphatic rings. The van der Waals surface area contributed by atoms with E-state index in [2.05, 4.69) is 25.0 Å². The van der Waals surface area contributed by atoms with Crippen LogP contribution in [0.15, 0.2) is 25.3 Å². The zero-order valence-corrected chi connectivity index (χ0v) is 8.11. The van der Waals surface area contributed by atoms with Crippen molar-refractivity contribution in [3.8, 4) is 24.7 Å². The molecular formula is C12H14O2. The van der Waals surface area contributed by atoms with E-state index in [1.165, 1.54) is 0 Å². The van der Waals surface area contributed by atoms with Gasteiger partial charge in [-0.25, -0.2) is 0 Å². The lowest BCUT2D eigenvalue weighted by Crippen LogP contribution is -2.29. The van der Waals surface area contributed by atoms with Gasteiger partial charge in [0.2, 0.25) is 0 Å². The van der Waals surface area contributed by atoms with Gasteiger partial charge in [0.25, 0.3) is 0 Å². The summed E-state index contributed by atoms with van der Waals surface area (Å²) in [6.07, 6.45) is 12.6. The maximum atomic E-state index is 5.25. The molecule has 2 heteroatoms. The Morgan fingerprint density at radius 3 is 1.57 bits per heavy atom. The standard InChI is InChI=1S/C12H14O2/c1-5-9-13-11(7-3)12(8-4)14-10-6-2/h3-6,11-12H,1-2,9-10H2/t11-,12-/m1/s1. The van der Waals surface area contributed by atoms with E-state index >= 15 is 0 Å². The van der Waals surface area contributed by atoms with Crippen LogP contribution in [0.2, 0.25) is 0 Å². The molecule has 0 aliphatic carbocycles. The third-order valence-electron chi connectivity index (χ3n) is 1.39. The monoisotopic (exact) mass is 190 g/mol. The fourth-order valence-electron chi connectivity index (χ4n) is 0.789. The summed E-state index contributed by atoms with van der Waals surface area (Å²) in [7, 11) is 0. The minimum Gasteiger partial charge on any atom is -0.358 e. The quantitative estimate of drug-likeness (QED) is 0.446. The average Bonchev–Trinajstić information content (AvgIpc) is 2.23. The van der Waals surface area contributed by atoms with Crippen LogP contribution < -0.4 is 0 Å². The van der Waals surface area contributed by atoms with Gasteiger partial charge >= 0.3 is 0 Å². The fraction of sp³-hybridized carbons (Fsp3) is 0.333. The Morgan fingerprint density at radius 2 is 1.36 bits per heavy atom.